The van der Waals surface area contributed by atoms with E-state index in [1.165, 1.54) is 25.7 Å². The third-order valence-corrected chi connectivity index (χ3v) is 7.51. The van der Waals surface area contributed by atoms with Gasteiger partial charge in [-0.15, -0.1) is 0 Å². The number of carbonyl (C=O) groups excluding carboxylic acids is 1. The molecule has 1 aromatic carbocycles. The van der Waals surface area contributed by atoms with Gasteiger partial charge in [-0.1, -0.05) is 86.6 Å². The van der Waals surface area contributed by atoms with E-state index in [-0.39, 0.29) is 22.5 Å². The second-order valence-electron chi connectivity index (χ2n) is 12.0. The molecule has 0 fully saturated rings. The molecule has 6 heteroatoms. The summed E-state index contributed by atoms with van der Waals surface area (Å²) in [4.78, 5) is 22.8. The quantitative estimate of drug-likeness (QED) is 0.0512. The molecule has 0 aliphatic carbocycles. The van der Waals surface area contributed by atoms with Crippen molar-refractivity contribution >= 4 is 5.97 Å². The molecule has 1 aromatic rings. The molecule has 0 amide bonds. The second-order valence-corrected chi connectivity index (χ2v) is 12.0. The molecule has 0 saturated heterocycles. The van der Waals surface area contributed by atoms with Crippen molar-refractivity contribution in [2.45, 2.75) is 136 Å². The van der Waals surface area contributed by atoms with Gasteiger partial charge in [0.1, 0.15) is 17.3 Å². The van der Waals surface area contributed by atoms with Crippen molar-refractivity contribution in [2.75, 3.05) is 20.3 Å². The Labute approximate surface area is 238 Å². The molecule has 0 saturated carbocycles. The largest absolute Gasteiger partial charge is 0.508 e. The van der Waals surface area contributed by atoms with Gasteiger partial charge < -0.3 is 19.5 Å². The summed E-state index contributed by atoms with van der Waals surface area (Å²) in [5.41, 5.74) is 1.12. The standard InChI is InChI=1S/C33H56O6/c1-9-11-13-15-22-37-31(35)18-17-20-32(4,5)27-25-30(36-8)28(24-29(27)34)33(6,7)21-19-26(3)39-38-23-16-14-12-10-2/h24-25,34H,3,9-23H2,1-2,4-8H3. The fourth-order valence-electron chi connectivity index (χ4n) is 4.75. The number of hydrogen-bond acceptors (Lipinski definition) is 6. The van der Waals surface area contributed by atoms with Gasteiger partial charge in [0.15, 0.2) is 0 Å². The average Bonchev–Trinajstić information content (AvgIpc) is 2.89. The summed E-state index contributed by atoms with van der Waals surface area (Å²) in [6, 6.07) is 3.78. The molecule has 0 bridgehead atoms. The zero-order valence-corrected chi connectivity index (χ0v) is 26.0. The van der Waals surface area contributed by atoms with Crippen LogP contribution in [0.2, 0.25) is 0 Å². The Bertz CT molecular complexity index is 858. The predicted octanol–water partition coefficient (Wildman–Crippen LogP) is 9.07. The summed E-state index contributed by atoms with van der Waals surface area (Å²) in [6.07, 6.45) is 12.1. The number of methoxy groups -OCH3 is 1. The predicted molar refractivity (Wildman–Crippen MR) is 159 cm³/mol. The number of esters is 1. The summed E-state index contributed by atoms with van der Waals surface area (Å²) in [5, 5.41) is 11.1. The van der Waals surface area contributed by atoms with Crippen LogP contribution in [0.25, 0.3) is 0 Å². The highest BCUT2D eigenvalue weighted by Gasteiger charge is 2.30. The van der Waals surface area contributed by atoms with Crippen LogP contribution in [0.5, 0.6) is 11.5 Å². The SMILES string of the molecule is C=C(CCC(C)(C)c1cc(O)c(C(C)(C)CCCC(=O)OCCCCCC)cc1OC)OOCCCCCC. The van der Waals surface area contributed by atoms with Crippen molar-refractivity contribution in [3.05, 3.63) is 35.6 Å². The van der Waals surface area contributed by atoms with Crippen LogP contribution in [0, 0.1) is 0 Å². The summed E-state index contributed by atoms with van der Waals surface area (Å²) < 4.78 is 11.2. The molecule has 0 aliphatic heterocycles. The van der Waals surface area contributed by atoms with Gasteiger partial charge >= 0.3 is 5.97 Å². The topological polar surface area (TPSA) is 74.2 Å². The molecule has 39 heavy (non-hydrogen) atoms. The molecule has 224 valence electrons. The number of rotatable bonds is 22. The summed E-state index contributed by atoms with van der Waals surface area (Å²) in [7, 11) is 1.66. The Morgan fingerprint density at radius 1 is 0.821 bits per heavy atom. The maximum Gasteiger partial charge on any atom is 0.305 e. The molecule has 0 spiro atoms. The zero-order chi connectivity index (χ0) is 29.3. The van der Waals surface area contributed by atoms with Gasteiger partial charge in [0.2, 0.25) is 0 Å². The first kappa shape index (κ1) is 34.8. The Hall–Kier alpha value is -2.21. The van der Waals surface area contributed by atoms with E-state index in [1.54, 1.807) is 7.11 Å². The van der Waals surface area contributed by atoms with Gasteiger partial charge in [-0.25, -0.2) is 0 Å². The minimum atomic E-state index is -0.335. The first-order valence-corrected chi connectivity index (χ1v) is 15.0. The minimum absolute atomic E-state index is 0.145. The minimum Gasteiger partial charge on any atom is -0.508 e. The molecule has 1 rings (SSSR count). The lowest BCUT2D eigenvalue weighted by Gasteiger charge is -2.31. The van der Waals surface area contributed by atoms with E-state index >= 15 is 0 Å². The molecule has 0 unspecified atom stereocenters. The maximum atomic E-state index is 12.1. The lowest BCUT2D eigenvalue weighted by Crippen LogP contribution is -2.22. The van der Waals surface area contributed by atoms with Gasteiger partial charge in [0, 0.05) is 24.0 Å². The Morgan fingerprint density at radius 2 is 1.44 bits per heavy atom. The fraction of sp³-hybridized carbons (Fsp3) is 0.727. The van der Waals surface area contributed by atoms with Crippen molar-refractivity contribution in [3.8, 4) is 11.5 Å². The van der Waals surface area contributed by atoms with Gasteiger partial charge in [0.05, 0.1) is 20.3 Å². The average molecular weight is 549 g/mol. The fourth-order valence-corrected chi connectivity index (χ4v) is 4.75. The van der Waals surface area contributed by atoms with Crippen molar-refractivity contribution in [1.82, 2.24) is 0 Å². The van der Waals surface area contributed by atoms with Crippen LogP contribution < -0.4 is 4.74 Å². The van der Waals surface area contributed by atoms with Crippen LogP contribution in [0.1, 0.15) is 136 Å². The van der Waals surface area contributed by atoms with Crippen molar-refractivity contribution in [1.29, 1.82) is 0 Å². The number of phenols is 1. The lowest BCUT2D eigenvalue weighted by molar-refractivity contribution is -0.264. The number of hydrogen-bond donors (Lipinski definition) is 1. The number of ether oxygens (including phenoxy) is 2. The number of phenolic OH excluding ortho intramolecular Hbond substituents is 1. The first-order valence-electron chi connectivity index (χ1n) is 15.0. The Kier molecular flexibility index (Phi) is 16.2. The summed E-state index contributed by atoms with van der Waals surface area (Å²) in [6.45, 7) is 17.9. The molecule has 0 aliphatic rings. The highest BCUT2D eigenvalue weighted by Crippen LogP contribution is 2.44. The maximum absolute atomic E-state index is 12.1. The Morgan fingerprint density at radius 3 is 2.05 bits per heavy atom. The van der Waals surface area contributed by atoms with E-state index in [4.69, 9.17) is 19.2 Å². The number of aromatic hydroxyl groups is 1. The second kappa shape index (κ2) is 18.2. The van der Waals surface area contributed by atoms with Crippen LogP contribution in [0.15, 0.2) is 24.5 Å². The van der Waals surface area contributed by atoms with Crippen LogP contribution in [0.4, 0.5) is 0 Å². The smallest absolute Gasteiger partial charge is 0.305 e. The van der Waals surface area contributed by atoms with E-state index < -0.39 is 0 Å². The third-order valence-electron chi connectivity index (χ3n) is 7.51. The van der Waals surface area contributed by atoms with Gasteiger partial charge in [-0.3, -0.25) is 4.79 Å². The number of benzene rings is 1. The van der Waals surface area contributed by atoms with E-state index in [1.807, 2.05) is 12.1 Å². The third kappa shape index (κ3) is 13.1. The first-order chi connectivity index (χ1) is 18.5. The van der Waals surface area contributed by atoms with Crippen LogP contribution >= 0.6 is 0 Å². The van der Waals surface area contributed by atoms with Crippen LogP contribution in [-0.4, -0.2) is 31.4 Å². The highest BCUT2D eigenvalue weighted by atomic mass is 17.2. The van der Waals surface area contributed by atoms with Crippen molar-refractivity contribution in [2.24, 2.45) is 0 Å². The van der Waals surface area contributed by atoms with Gasteiger partial charge in [0.25, 0.3) is 0 Å². The number of carbonyl (C=O) groups is 1. The normalized spacial score (nSPS) is 11.9. The van der Waals surface area contributed by atoms with E-state index in [0.717, 1.165) is 55.4 Å². The van der Waals surface area contributed by atoms with Gasteiger partial charge in [-0.05, 0) is 55.1 Å². The highest BCUT2D eigenvalue weighted by molar-refractivity contribution is 5.69. The van der Waals surface area contributed by atoms with Crippen molar-refractivity contribution < 1.29 is 29.1 Å². The summed E-state index contributed by atoms with van der Waals surface area (Å²) in [5.74, 6) is 1.44. The Balaban J connectivity index is 2.71. The van der Waals surface area contributed by atoms with E-state index in [0.29, 0.717) is 38.2 Å². The van der Waals surface area contributed by atoms with E-state index in [9.17, 15) is 9.90 Å². The molecule has 0 radical (unpaired) electrons. The van der Waals surface area contributed by atoms with Crippen LogP contribution in [-0.2, 0) is 30.1 Å². The zero-order valence-electron chi connectivity index (χ0n) is 26.0. The lowest BCUT2D eigenvalue weighted by atomic mass is 9.75. The molecule has 6 nitrogen and oxygen atoms in total. The molecular formula is C33H56O6. The number of allylic oxidation sites excluding steroid dienone is 1. The number of unbranched alkanes of at least 4 members (excludes halogenated alkanes) is 6. The van der Waals surface area contributed by atoms with Crippen LogP contribution in [0.3, 0.4) is 0 Å². The molecule has 1 N–H and O–H groups in total. The molecular weight excluding hydrogens is 492 g/mol. The van der Waals surface area contributed by atoms with Crippen molar-refractivity contribution in [3.63, 3.8) is 0 Å². The molecule has 0 aromatic heterocycles. The molecule has 0 atom stereocenters. The molecule has 0 heterocycles. The summed E-state index contributed by atoms with van der Waals surface area (Å²) >= 11 is 0. The van der Waals surface area contributed by atoms with Gasteiger partial charge in [-0.2, -0.15) is 4.89 Å². The monoisotopic (exact) mass is 548 g/mol. The van der Waals surface area contributed by atoms with E-state index in [2.05, 4.69) is 48.1 Å².